The number of halogens is 1. The molecule has 0 unspecified atom stereocenters. The largest absolute Gasteiger partial charge is 0.486 e. The van der Waals surface area contributed by atoms with Gasteiger partial charge in [0.2, 0.25) is 0 Å². The molecule has 1 aromatic carbocycles. The minimum atomic E-state index is -0.337. The number of anilines is 1. The summed E-state index contributed by atoms with van der Waals surface area (Å²) in [6, 6.07) is 7.43. The molecule has 0 aliphatic carbocycles. The van der Waals surface area contributed by atoms with Gasteiger partial charge in [0.25, 0.3) is 5.91 Å². The van der Waals surface area contributed by atoms with Crippen molar-refractivity contribution in [3.63, 3.8) is 0 Å². The van der Waals surface area contributed by atoms with Gasteiger partial charge in [-0.25, -0.2) is 0 Å². The van der Waals surface area contributed by atoms with Crippen molar-refractivity contribution >= 4 is 24.0 Å². The Balaban J connectivity index is 0.00000208. The highest BCUT2D eigenvalue weighted by Gasteiger charge is 2.23. The van der Waals surface area contributed by atoms with E-state index in [0.717, 1.165) is 24.2 Å². The number of amides is 1. The summed E-state index contributed by atoms with van der Waals surface area (Å²) >= 11 is 0. The second-order valence-electron chi connectivity index (χ2n) is 6.62. The molecule has 3 rings (SSSR count). The molecule has 0 saturated heterocycles. The molecular weight excluding hydrogens is 328 g/mol. The molecule has 24 heavy (non-hydrogen) atoms. The number of hydrogen-bond donors (Lipinski definition) is 3. The molecule has 3 N–H and O–H groups in total. The van der Waals surface area contributed by atoms with Crippen LogP contribution < -0.4 is 15.4 Å². The van der Waals surface area contributed by atoms with Crippen LogP contribution in [0.4, 0.5) is 5.69 Å². The van der Waals surface area contributed by atoms with Gasteiger partial charge in [0, 0.05) is 30.8 Å². The van der Waals surface area contributed by atoms with Crippen LogP contribution in [0.1, 0.15) is 42.5 Å². The van der Waals surface area contributed by atoms with Crippen LogP contribution in [0.25, 0.3) is 0 Å². The normalized spacial score (nSPS) is 13.6. The molecule has 0 spiro atoms. The lowest BCUT2D eigenvalue weighted by Crippen LogP contribution is -2.26. The fourth-order valence-electron chi connectivity index (χ4n) is 2.58. The number of carbonyl (C=O) groups excluding carboxylic acids is 1. The topological polar surface area (TPSA) is 79.0 Å². The van der Waals surface area contributed by atoms with Gasteiger partial charge in [-0.1, -0.05) is 12.1 Å². The fourth-order valence-corrected chi connectivity index (χ4v) is 2.58. The number of carbonyl (C=O) groups is 1. The first kappa shape index (κ1) is 18.3. The molecule has 0 saturated carbocycles. The van der Waals surface area contributed by atoms with Crippen LogP contribution in [-0.2, 0) is 13.0 Å². The number of hydrogen-bond acceptors (Lipinski definition) is 4. The maximum Gasteiger partial charge on any atom is 0.276 e. The Morgan fingerprint density at radius 2 is 2.04 bits per heavy atom. The zero-order valence-electron chi connectivity index (χ0n) is 14.1. The van der Waals surface area contributed by atoms with Gasteiger partial charge in [0.1, 0.15) is 11.4 Å². The summed E-state index contributed by atoms with van der Waals surface area (Å²) in [5, 5.41) is 13.3. The van der Waals surface area contributed by atoms with E-state index in [0.29, 0.717) is 23.7 Å². The van der Waals surface area contributed by atoms with Crippen molar-refractivity contribution in [1.82, 2.24) is 15.5 Å². The lowest BCUT2D eigenvalue weighted by atomic mass is 10.1. The number of benzene rings is 1. The number of nitrogens with one attached hydrogen (secondary N) is 3. The SMILES string of the molecule is CC(C)(C)Oc1ccccc1NC(=O)c1n[nH]c2c1CNCC2.Cl. The van der Waals surface area contributed by atoms with Gasteiger partial charge in [0.05, 0.1) is 5.69 Å². The molecule has 2 aromatic rings. The molecular formula is C17H23ClN4O2. The standard InChI is InChI=1S/C17H22N4O2.ClH/c1-17(2,3)23-14-7-5-4-6-13(14)19-16(22)15-11-10-18-9-8-12(11)20-21-15;/h4-7,18H,8-10H2,1-3H3,(H,19,22)(H,20,21);1H. The number of fused-ring (bicyclic) bond motifs is 1. The van der Waals surface area contributed by atoms with Crippen LogP contribution in [0, 0.1) is 0 Å². The summed E-state index contributed by atoms with van der Waals surface area (Å²) < 4.78 is 5.91. The first-order valence-electron chi connectivity index (χ1n) is 7.80. The van der Waals surface area contributed by atoms with E-state index >= 15 is 0 Å². The maximum atomic E-state index is 12.6. The van der Waals surface area contributed by atoms with Crippen LogP contribution in [0.15, 0.2) is 24.3 Å². The second kappa shape index (κ2) is 7.23. The fraction of sp³-hybridized carbons (Fsp3) is 0.412. The predicted molar refractivity (Wildman–Crippen MR) is 96.0 cm³/mol. The third-order valence-electron chi connectivity index (χ3n) is 3.57. The number of aromatic amines is 1. The van der Waals surface area contributed by atoms with Crippen LogP contribution in [0.2, 0.25) is 0 Å². The molecule has 1 aromatic heterocycles. The zero-order chi connectivity index (χ0) is 16.4. The summed E-state index contributed by atoms with van der Waals surface area (Å²) in [5.41, 5.74) is 2.73. The number of H-pyrrole nitrogens is 1. The van der Waals surface area contributed by atoms with Crippen LogP contribution in [0.5, 0.6) is 5.75 Å². The highest BCUT2D eigenvalue weighted by Crippen LogP contribution is 2.28. The Labute approximate surface area is 147 Å². The third-order valence-corrected chi connectivity index (χ3v) is 3.57. The van der Waals surface area contributed by atoms with E-state index in [1.807, 2.05) is 45.0 Å². The van der Waals surface area contributed by atoms with Crippen LogP contribution in [0.3, 0.4) is 0 Å². The lowest BCUT2D eigenvalue weighted by molar-refractivity contribution is 0.101. The Morgan fingerprint density at radius 1 is 1.29 bits per heavy atom. The third kappa shape index (κ3) is 4.07. The predicted octanol–water partition coefficient (Wildman–Crippen LogP) is 2.91. The number of para-hydroxylation sites is 2. The van der Waals surface area contributed by atoms with Gasteiger partial charge in [0.15, 0.2) is 5.69 Å². The average Bonchev–Trinajstić information content (AvgIpc) is 2.92. The van der Waals surface area contributed by atoms with Gasteiger partial charge in [-0.2, -0.15) is 5.10 Å². The zero-order valence-corrected chi connectivity index (χ0v) is 14.9. The van der Waals surface area contributed by atoms with E-state index in [4.69, 9.17) is 4.74 Å². The van der Waals surface area contributed by atoms with Crippen molar-refractivity contribution in [3.8, 4) is 5.75 Å². The lowest BCUT2D eigenvalue weighted by Gasteiger charge is -2.23. The number of rotatable bonds is 3. The molecule has 1 aliphatic heterocycles. The second-order valence-corrected chi connectivity index (χ2v) is 6.62. The number of ether oxygens (including phenoxy) is 1. The Morgan fingerprint density at radius 3 is 2.79 bits per heavy atom. The van der Waals surface area contributed by atoms with Gasteiger partial charge in [-0.3, -0.25) is 9.89 Å². The summed E-state index contributed by atoms with van der Waals surface area (Å²) in [6.07, 6.45) is 0.860. The van der Waals surface area contributed by atoms with Crippen LogP contribution in [-0.4, -0.2) is 28.3 Å². The smallest absolute Gasteiger partial charge is 0.276 e. The monoisotopic (exact) mass is 350 g/mol. The first-order valence-corrected chi connectivity index (χ1v) is 7.80. The number of aromatic nitrogens is 2. The molecule has 2 heterocycles. The molecule has 7 heteroatoms. The molecule has 1 amide bonds. The highest BCUT2D eigenvalue weighted by atomic mass is 35.5. The maximum absolute atomic E-state index is 12.6. The Hall–Kier alpha value is -2.05. The average molecular weight is 351 g/mol. The van der Waals surface area contributed by atoms with Crippen LogP contribution >= 0.6 is 12.4 Å². The number of nitrogens with zero attached hydrogens (tertiary/aromatic N) is 1. The molecule has 130 valence electrons. The summed E-state index contributed by atoms with van der Waals surface area (Å²) in [4.78, 5) is 12.6. The molecule has 0 radical (unpaired) electrons. The van der Waals surface area contributed by atoms with E-state index in [1.54, 1.807) is 0 Å². The van der Waals surface area contributed by atoms with Crippen molar-refractivity contribution in [1.29, 1.82) is 0 Å². The molecule has 0 bridgehead atoms. The van der Waals surface area contributed by atoms with Crippen molar-refractivity contribution in [2.45, 2.75) is 39.3 Å². The van der Waals surface area contributed by atoms with E-state index < -0.39 is 0 Å². The summed E-state index contributed by atoms with van der Waals surface area (Å²) in [5.74, 6) is 0.423. The van der Waals surface area contributed by atoms with Gasteiger partial charge >= 0.3 is 0 Å². The van der Waals surface area contributed by atoms with Crippen molar-refractivity contribution in [2.75, 3.05) is 11.9 Å². The molecule has 0 atom stereocenters. The van der Waals surface area contributed by atoms with Gasteiger partial charge < -0.3 is 15.4 Å². The highest BCUT2D eigenvalue weighted by molar-refractivity contribution is 6.04. The van der Waals surface area contributed by atoms with Gasteiger partial charge in [-0.05, 0) is 32.9 Å². The molecule has 0 fully saturated rings. The Bertz CT molecular complexity index is 722. The van der Waals surface area contributed by atoms with E-state index in [1.165, 1.54) is 0 Å². The minimum Gasteiger partial charge on any atom is -0.486 e. The summed E-state index contributed by atoms with van der Waals surface area (Å²) in [7, 11) is 0. The van der Waals surface area contributed by atoms with Crippen molar-refractivity contribution < 1.29 is 9.53 Å². The Kier molecular flexibility index (Phi) is 5.51. The van der Waals surface area contributed by atoms with Crippen molar-refractivity contribution in [3.05, 3.63) is 41.2 Å². The van der Waals surface area contributed by atoms with E-state index in [-0.39, 0.29) is 23.9 Å². The van der Waals surface area contributed by atoms with Crippen molar-refractivity contribution in [2.24, 2.45) is 0 Å². The first-order chi connectivity index (χ1) is 10.9. The van der Waals surface area contributed by atoms with E-state index in [9.17, 15) is 4.79 Å². The minimum absolute atomic E-state index is 0. The summed E-state index contributed by atoms with van der Waals surface area (Å²) in [6.45, 7) is 7.48. The van der Waals surface area contributed by atoms with Gasteiger partial charge in [-0.15, -0.1) is 12.4 Å². The quantitative estimate of drug-likeness (QED) is 0.795. The van der Waals surface area contributed by atoms with E-state index in [2.05, 4.69) is 20.8 Å². The molecule has 6 nitrogen and oxygen atoms in total. The molecule has 1 aliphatic rings.